The average molecular weight is 402 g/mol. The SMILES string of the molecule is Cc1ccc(N2CCN(C(=O)c3ccc(N4CCCC4=O)cc3C#N)CC2)c(C)c1. The molecule has 4 rings (SSSR count). The molecule has 2 amide bonds. The first-order valence-corrected chi connectivity index (χ1v) is 10.4. The molecule has 2 heterocycles. The largest absolute Gasteiger partial charge is 0.368 e. The number of amides is 2. The van der Waals surface area contributed by atoms with Crippen LogP contribution in [0.25, 0.3) is 0 Å². The Balaban J connectivity index is 1.47. The van der Waals surface area contributed by atoms with Gasteiger partial charge in [-0.05, 0) is 50.1 Å². The highest BCUT2D eigenvalue weighted by Crippen LogP contribution is 2.26. The van der Waals surface area contributed by atoms with Gasteiger partial charge in [-0.25, -0.2) is 0 Å². The normalized spacial score (nSPS) is 16.7. The van der Waals surface area contributed by atoms with Gasteiger partial charge < -0.3 is 14.7 Å². The topological polar surface area (TPSA) is 67.7 Å². The fourth-order valence-corrected chi connectivity index (χ4v) is 4.38. The molecular formula is C24H26N4O2. The number of nitrogens with zero attached hydrogens (tertiary/aromatic N) is 4. The van der Waals surface area contributed by atoms with Gasteiger partial charge in [0.25, 0.3) is 5.91 Å². The van der Waals surface area contributed by atoms with Crippen molar-refractivity contribution in [2.45, 2.75) is 26.7 Å². The number of hydrogen-bond acceptors (Lipinski definition) is 4. The van der Waals surface area contributed by atoms with E-state index in [0.717, 1.165) is 19.5 Å². The second-order valence-electron chi connectivity index (χ2n) is 8.06. The predicted octanol–water partition coefficient (Wildman–Crippen LogP) is 3.26. The second kappa shape index (κ2) is 8.19. The van der Waals surface area contributed by atoms with Gasteiger partial charge in [-0.2, -0.15) is 5.26 Å². The van der Waals surface area contributed by atoms with Gasteiger partial charge in [-0.1, -0.05) is 17.7 Å². The Morgan fingerprint density at radius 2 is 1.77 bits per heavy atom. The molecule has 0 aliphatic carbocycles. The molecule has 0 saturated carbocycles. The Labute approximate surface area is 177 Å². The lowest BCUT2D eigenvalue weighted by Crippen LogP contribution is -2.49. The molecule has 2 aliphatic heterocycles. The fourth-order valence-electron chi connectivity index (χ4n) is 4.38. The zero-order valence-electron chi connectivity index (χ0n) is 17.5. The van der Waals surface area contributed by atoms with Gasteiger partial charge in [-0.3, -0.25) is 9.59 Å². The Morgan fingerprint density at radius 1 is 1.00 bits per heavy atom. The van der Waals surface area contributed by atoms with Crippen LogP contribution >= 0.6 is 0 Å². The molecule has 30 heavy (non-hydrogen) atoms. The van der Waals surface area contributed by atoms with Crippen molar-refractivity contribution < 1.29 is 9.59 Å². The third-order valence-corrected chi connectivity index (χ3v) is 6.00. The van der Waals surface area contributed by atoms with Crippen LogP contribution in [-0.2, 0) is 4.79 Å². The van der Waals surface area contributed by atoms with Crippen LogP contribution < -0.4 is 9.80 Å². The van der Waals surface area contributed by atoms with Crippen LogP contribution in [0.1, 0.15) is 39.9 Å². The smallest absolute Gasteiger partial charge is 0.255 e. The zero-order valence-corrected chi connectivity index (χ0v) is 17.5. The molecule has 0 unspecified atom stereocenters. The van der Waals surface area contributed by atoms with Gasteiger partial charge >= 0.3 is 0 Å². The van der Waals surface area contributed by atoms with Crippen LogP contribution in [-0.4, -0.2) is 49.4 Å². The van der Waals surface area contributed by atoms with Crippen LogP contribution in [0, 0.1) is 25.2 Å². The molecule has 0 bridgehead atoms. The lowest BCUT2D eigenvalue weighted by molar-refractivity contribution is -0.117. The van der Waals surface area contributed by atoms with Gasteiger partial charge in [0, 0.05) is 50.5 Å². The highest BCUT2D eigenvalue weighted by molar-refractivity contribution is 5.99. The monoisotopic (exact) mass is 402 g/mol. The lowest BCUT2D eigenvalue weighted by Gasteiger charge is -2.37. The standard InChI is InChI=1S/C24H26N4O2/c1-17-5-8-22(18(2)14-17)26-10-12-27(13-11-26)24(30)21-7-6-20(15-19(21)16-25)28-9-3-4-23(28)29/h5-8,14-15H,3-4,9-13H2,1-2H3. The maximum atomic E-state index is 13.1. The molecule has 2 saturated heterocycles. The number of anilines is 2. The van der Waals surface area contributed by atoms with Gasteiger partial charge in [0.2, 0.25) is 5.91 Å². The van der Waals surface area contributed by atoms with Crippen LogP contribution in [0.15, 0.2) is 36.4 Å². The molecule has 0 atom stereocenters. The molecule has 0 aromatic heterocycles. The van der Waals surface area contributed by atoms with Crippen LogP contribution in [0.2, 0.25) is 0 Å². The van der Waals surface area contributed by atoms with E-state index in [1.54, 1.807) is 23.1 Å². The maximum absolute atomic E-state index is 13.1. The molecular weight excluding hydrogens is 376 g/mol. The number of nitriles is 1. The first-order valence-electron chi connectivity index (χ1n) is 10.4. The van der Waals surface area contributed by atoms with Crippen molar-refractivity contribution >= 4 is 23.2 Å². The molecule has 2 aromatic rings. The summed E-state index contributed by atoms with van der Waals surface area (Å²) in [5.74, 6) is -0.0494. The maximum Gasteiger partial charge on any atom is 0.255 e. The summed E-state index contributed by atoms with van der Waals surface area (Å²) in [5.41, 5.74) is 5.14. The predicted molar refractivity (Wildman–Crippen MR) is 117 cm³/mol. The van der Waals surface area contributed by atoms with E-state index in [4.69, 9.17) is 0 Å². The van der Waals surface area contributed by atoms with Gasteiger partial charge in [-0.15, -0.1) is 0 Å². The summed E-state index contributed by atoms with van der Waals surface area (Å²) in [5, 5.41) is 9.61. The summed E-state index contributed by atoms with van der Waals surface area (Å²) in [7, 11) is 0. The summed E-state index contributed by atoms with van der Waals surface area (Å²) in [6.45, 7) is 7.62. The summed E-state index contributed by atoms with van der Waals surface area (Å²) in [6.07, 6.45) is 1.36. The first-order chi connectivity index (χ1) is 14.5. The van der Waals surface area contributed by atoms with Crippen molar-refractivity contribution in [3.8, 4) is 6.07 Å². The highest BCUT2D eigenvalue weighted by Gasteiger charge is 2.27. The van der Waals surface area contributed by atoms with E-state index in [1.807, 2.05) is 4.90 Å². The molecule has 2 fully saturated rings. The molecule has 0 spiro atoms. The van der Waals surface area contributed by atoms with E-state index in [1.165, 1.54) is 16.8 Å². The molecule has 0 radical (unpaired) electrons. The number of hydrogen-bond donors (Lipinski definition) is 0. The van der Waals surface area contributed by atoms with E-state index < -0.39 is 0 Å². The summed E-state index contributed by atoms with van der Waals surface area (Å²) in [6, 6.07) is 13.7. The van der Waals surface area contributed by atoms with Crippen molar-refractivity contribution in [3.63, 3.8) is 0 Å². The number of carbonyl (C=O) groups excluding carboxylic acids is 2. The van der Waals surface area contributed by atoms with Crippen molar-refractivity contribution in [1.29, 1.82) is 5.26 Å². The van der Waals surface area contributed by atoms with Gasteiger partial charge in [0.05, 0.1) is 11.1 Å². The minimum atomic E-state index is -0.119. The van der Waals surface area contributed by atoms with Crippen molar-refractivity contribution in [3.05, 3.63) is 58.7 Å². The Bertz CT molecular complexity index is 1030. The molecule has 154 valence electrons. The molecule has 6 nitrogen and oxygen atoms in total. The van der Waals surface area contributed by atoms with Crippen molar-refractivity contribution in [2.75, 3.05) is 42.5 Å². The van der Waals surface area contributed by atoms with Crippen LogP contribution in [0.3, 0.4) is 0 Å². The van der Waals surface area contributed by atoms with E-state index in [0.29, 0.717) is 42.9 Å². The summed E-state index contributed by atoms with van der Waals surface area (Å²) in [4.78, 5) is 30.9. The zero-order chi connectivity index (χ0) is 21.3. The van der Waals surface area contributed by atoms with E-state index in [2.05, 4.69) is 43.0 Å². The summed E-state index contributed by atoms with van der Waals surface area (Å²) < 4.78 is 0. The van der Waals surface area contributed by atoms with Gasteiger partial charge in [0.15, 0.2) is 0 Å². The number of benzene rings is 2. The highest BCUT2D eigenvalue weighted by atomic mass is 16.2. The Kier molecular flexibility index (Phi) is 5.45. The Hall–Kier alpha value is -3.33. The second-order valence-corrected chi connectivity index (χ2v) is 8.06. The quantitative estimate of drug-likeness (QED) is 0.790. The van der Waals surface area contributed by atoms with Crippen LogP contribution in [0.4, 0.5) is 11.4 Å². The molecule has 2 aromatic carbocycles. The van der Waals surface area contributed by atoms with Crippen molar-refractivity contribution in [1.82, 2.24) is 4.90 Å². The number of piperazine rings is 1. The third kappa shape index (κ3) is 3.76. The third-order valence-electron chi connectivity index (χ3n) is 6.00. The van der Waals surface area contributed by atoms with E-state index in [-0.39, 0.29) is 11.8 Å². The number of aryl methyl sites for hydroxylation is 2. The Morgan fingerprint density at radius 3 is 2.40 bits per heavy atom. The molecule has 2 aliphatic rings. The van der Waals surface area contributed by atoms with Gasteiger partial charge in [0.1, 0.15) is 6.07 Å². The average Bonchev–Trinajstić information content (AvgIpc) is 3.19. The van der Waals surface area contributed by atoms with E-state index >= 15 is 0 Å². The minimum Gasteiger partial charge on any atom is -0.368 e. The fraction of sp³-hybridized carbons (Fsp3) is 0.375. The van der Waals surface area contributed by atoms with Crippen molar-refractivity contribution in [2.24, 2.45) is 0 Å². The minimum absolute atomic E-state index is 0.0699. The van der Waals surface area contributed by atoms with Crippen LogP contribution in [0.5, 0.6) is 0 Å². The number of carbonyl (C=O) groups is 2. The molecule has 0 N–H and O–H groups in total. The van der Waals surface area contributed by atoms with E-state index in [9.17, 15) is 14.9 Å². The summed E-state index contributed by atoms with van der Waals surface area (Å²) >= 11 is 0. The lowest BCUT2D eigenvalue weighted by atomic mass is 10.0. The number of rotatable bonds is 3. The molecule has 6 heteroatoms. The first kappa shape index (κ1) is 20.0.